The minimum atomic E-state index is -1.16. The summed E-state index contributed by atoms with van der Waals surface area (Å²) in [6.07, 6.45) is 4.04. The second-order valence-corrected chi connectivity index (χ2v) is 15.0. The number of nitrogens with one attached hydrogen (secondary N) is 3. The van der Waals surface area contributed by atoms with Crippen LogP contribution in [-0.2, 0) is 28.7 Å². The fourth-order valence-corrected chi connectivity index (χ4v) is 6.08. The number of ether oxygens (including phenoxy) is 1. The fraction of sp³-hybridized carbons (Fsp3) is 0.800. The lowest BCUT2D eigenvalue weighted by molar-refractivity contribution is -0.152. The number of hydrogen-bond donors (Lipinski definition) is 4. The van der Waals surface area contributed by atoms with Crippen molar-refractivity contribution in [2.24, 2.45) is 34.8 Å². The van der Waals surface area contributed by atoms with Gasteiger partial charge in [0.1, 0.15) is 29.1 Å². The van der Waals surface area contributed by atoms with Gasteiger partial charge in [-0.25, -0.2) is 9.59 Å². The first kappa shape index (κ1) is 35.9. The van der Waals surface area contributed by atoms with Crippen LogP contribution in [0, 0.1) is 29.1 Å². The van der Waals surface area contributed by atoms with Gasteiger partial charge < -0.3 is 31.3 Å². The van der Waals surface area contributed by atoms with Gasteiger partial charge in [-0.15, -0.1) is 23.2 Å². The Kier molecular flexibility index (Phi) is 12.0. The van der Waals surface area contributed by atoms with Crippen LogP contribution in [0.15, 0.2) is 0 Å². The molecule has 3 rings (SSSR count). The molecule has 0 spiro atoms. The van der Waals surface area contributed by atoms with Gasteiger partial charge >= 0.3 is 12.0 Å². The van der Waals surface area contributed by atoms with Gasteiger partial charge in [-0.05, 0) is 55.8 Å². The summed E-state index contributed by atoms with van der Waals surface area (Å²) in [4.78, 5) is 78.4. The topological polar surface area (TPSA) is 177 Å². The standard InChI is InChI=1S/C30H47Cl2N5O7/c1-14(2)20(28(42)44-15(3)17-9-10-17)35-29(43)36-23(30(4,5)6)27(41)37-12-11-18(24(31)32)21(37)26(40)34-19(13-16-7-8-16)22(38)25(33)39/h14-21,23-24H,7-13H2,1-6H3,(H2,33,39)(H,34,40)(H2,35,36,43)/t15?,18-,19?,20-,21-,23+/m0/s1. The number of Topliss-reactive ketones (excluding diaryl/α,β-unsaturated/α-hetero) is 1. The summed E-state index contributed by atoms with van der Waals surface area (Å²) in [5.74, 6) is -4.30. The minimum absolute atomic E-state index is 0.116. The van der Waals surface area contributed by atoms with Crippen molar-refractivity contribution in [3.8, 4) is 0 Å². The number of nitrogens with zero attached hydrogens (tertiary/aromatic N) is 1. The highest BCUT2D eigenvalue weighted by molar-refractivity contribution is 6.44. The molecule has 2 aliphatic carbocycles. The van der Waals surface area contributed by atoms with E-state index in [1.54, 1.807) is 34.6 Å². The average Bonchev–Trinajstić information content (AvgIpc) is 3.86. The Labute approximate surface area is 269 Å². The van der Waals surface area contributed by atoms with Crippen molar-refractivity contribution < 1.29 is 33.5 Å². The van der Waals surface area contributed by atoms with Crippen LogP contribution in [0.4, 0.5) is 4.79 Å². The first-order chi connectivity index (χ1) is 20.4. The number of amides is 5. The van der Waals surface area contributed by atoms with E-state index in [1.165, 1.54) is 4.90 Å². The van der Waals surface area contributed by atoms with E-state index in [4.69, 9.17) is 33.7 Å². The molecule has 12 nitrogen and oxygen atoms in total. The molecule has 0 aromatic heterocycles. The molecule has 0 bridgehead atoms. The third-order valence-corrected chi connectivity index (χ3v) is 9.29. The highest BCUT2D eigenvalue weighted by Gasteiger charge is 2.49. The van der Waals surface area contributed by atoms with Crippen LogP contribution < -0.4 is 21.7 Å². The number of halogens is 2. The molecule has 0 radical (unpaired) electrons. The Morgan fingerprint density at radius 2 is 1.55 bits per heavy atom. The molecular weight excluding hydrogens is 613 g/mol. The monoisotopic (exact) mass is 659 g/mol. The summed E-state index contributed by atoms with van der Waals surface area (Å²) in [6.45, 7) is 10.8. The summed E-state index contributed by atoms with van der Waals surface area (Å²) in [6, 6.07) is -5.10. The Hall–Kier alpha value is -2.60. The number of carbonyl (C=O) groups excluding carboxylic acids is 6. The largest absolute Gasteiger partial charge is 0.461 e. The molecule has 1 heterocycles. The van der Waals surface area contributed by atoms with E-state index in [1.807, 2.05) is 6.92 Å². The molecule has 1 saturated heterocycles. The van der Waals surface area contributed by atoms with Crippen molar-refractivity contribution in [1.82, 2.24) is 20.9 Å². The van der Waals surface area contributed by atoms with E-state index in [0.29, 0.717) is 12.3 Å². The van der Waals surface area contributed by atoms with E-state index < -0.39 is 75.8 Å². The van der Waals surface area contributed by atoms with Crippen LogP contribution in [-0.4, -0.2) is 82.1 Å². The van der Waals surface area contributed by atoms with Crippen molar-refractivity contribution in [2.45, 2.75) is 115 Å². The third-order valence-electron chi connectivity index (χ3n) is 8.65. The Morgan fingerprint density at radius 1 is 0.932 bits per heavy atom. The van der Waals surface area contributed by atoms with Gasteiger partial charge in [-0.1, -0.05) is 47.5 Å². The molecule has 3 fully saturated rings. The molecule has 2 saturated carbocycles. The predicted molar refractivity (Wildman–Crippen MR) is 164 cm³/mol. The minimum Gasteiger partial charge on any atom is -0.461 e. The van der Waals surface area contributed by atoms with Crippen LogP contribution >= 0.6 is 23.2 Å². The van der Waals surface area contributed by atoms with Gasteiger partial charge in [-0.2, -0.15) is 0 Å². The van der Waals surface area contributed by atoms with Gasteiger partial charge in [0.15, 0.2) is 0 Å². The molecule has 248 valence electrons. The van der Waals surface area contributed by atoms with Crippen LogP contribution in [0.2, 0.25) is 0 Å². The zero-order valence-corrected chi connectivity index (χ0v) is 27.9. The summed E-state index contributed by atoms with van der Waals surface area (Å²) in [7, 11) is 0. The van der Waals surface area contributed by atoms with Gasteiger partial charge in [-0.3, -0.25) is 19.2 Å². The Morgan fingerprint density at radius 3 is 2.02 bits per heavy atom. The second kappa shape index (κ2) is 14.7. The number of rotatable bonds is 14. The molecule has 0 aromatic carbocycles. The second-order valence-electron chi connectivity index (χ2n) is 13.9. The van der Waals surface area contributed by atoms with Gasteiger partial charge in [0.05, 0.1) is 6.04 Å². The van der Waals surface area contributed by atoms with E-state index in [0.717, 1.165) is 25.7 Å². The van der Waals surface area contributed by atoms with E-state index in [2.05, 4.69) is 16.0 Å². The summed E-state index contributed by atoms with van der Waals surface area (Å²) in [5.41, 5.74) is 4.42. The van der Waals surface area contributed by atoms with Crippen LogP contribution in [0.5, 0.6) is 0 Å². The normalized spacial score (nSPS) is 23.0. The number of hydrogen-bond acceptors (Lipinski definition) is 7. The SMILES string of the molecule is CC(OC(=O)[C@@H](NC(=O)N[C@H](C(=O)N1CC[C@H](C(Cl)Cl)[C@H]1C(=O)NC(CC1CC1)C(=O)C(N)=O)C(C)(C)C)C(C)C)C1CC1. The fourth-order valence-electron chi connectivity index (χ4n) is 5.56. The smallest absolute Gasteiger partial charge is 0.329 e. The quantitative estimate of drug-likeness (QED) is 0.126. The highest BCUT2D eigenvalue weighted by Crippen LogP contribution is 2.36. The van der Waals surface area contributed by atoms with Crippen LogP contribution in [0.25, 0.3) is 0 Å². The molecule has 1 aliphatic heterocycles. The van der Waals surface area contributed by atoms with Crippen LogP contribution in [0.1, 0.15) is 80.1 Å². The van der Waals surface area contributed by atoms with E-state index >= 15 is 0 Å². The lowest BCUT2D eigenvalue weighted by atomic mass is 9.85. The number of primary amides is 1. The molecule has 6 atom stereocenters. The molecule has 2 unspecified atom stereocenters. The highest BCUT2D eigenvalue weighted by atomic mass is 35.5. The summed E-state index contributed by atoms with van der Waals surface area (Å²) in [5, 5.41) is 8.00. The van der Waals surface area contributed by atoms with E-state index in [-0.39, 0.29) is 30.9 Å². The van der Waals surface area contributed by atoms with Crippen molar-refractivity contribution in [1.29, 1.82) is 0 Å². The molecule has 44 heavy (non-hydrogen) atoms. The lowest BCUT2D eigenvalue weighted by Gasteiger charge is -2.37. The molecular formula is C30H47Cl2N5O7. The summed E-state index contributed by atoms with van der Waals surface area (Å²) >= 11 is 12.5. The number of nitrogens with two attached hydrogens (primary N) is 1. The Bertz CT molecular complexity index is 1120. The van der Waals surface area contributed by atoms with Crippen molar-refractivity contribution in [2.75, 3.05) is 6.54 Å². The first-order valence-electron chi connectivity index (χ1n) is 15.4. The number of esters is 1. The predicted octanol–water partition coefficient (Wildman–Crippen LogP) is 2.43. The number of carbonyl (C=O) groups is 6. The number of alkyl halides is 2. The Balaban J connectivity index is 1.78. The number of likely N-dealkylation sites (tertiary alicyclic amines) is 1. The van der Waals surface area contributed by atoms with Crippen molar-refractivity contribution in [3.63, 3.8) is 0 Å². The molecule has 5 amide bonds. The zero-order chi connectivity index (χ0) is 33.1. The van der Waals surface area contributed by atoms with Crippen molar-refractivity contribution in [3.05, 3.63) is 0 Å². The first-order valence-corrected chi connectivity index (χ1v) is 16.3. The maximum atomic E-state index is 14.1. The summed E-state index contributed by atoms with van der Waals surface area (Å²) < 4.78 is 5.59. The number of urea groups is 1. The van der Waals surface area contributed by atoms with Gasteiger partial charge in [0.2, 0.25) is 17.6 Å². The average molecular weight is 661 g/mol. The lowest BCUT2D eigenvalue weighted by Crippen LogP contribution is -2.62. The molecule has 0 aromatic rings. The van der Waals surface area contributed by atoms with Gasteiger partial charge in [0.25, 0.3) is 5.91 Å². The molecule has 14 heteroatoms. The van der Waals surface area contributed by atoms with E-state index in [9.17, 15) is 28.8 Å². The third kappa shape index (κ3) is 9.45. The zero-order valence-electron chi connectivity index (χ0n) is 26.4. The number of ketones is 1. The maximum absolute atomic E-state index is 14.1. The van der Waals surface area contributed by atoms with Gasteiger partial charge in [0, 0.05) is 12.5 Å². The molecule has 3 aliphatic rings. The van der Waals surface area contributed by atoms with Crippen LogP contribution in [0.3, 0.4) is 0 Å². The maximum Gasteiger partial charge on any atom is 0.329 e. The van der Waals surface area contributed by atoms with Crippen molar-refractivity contribution >= 4 is 58.7 Å². The molecule has 5 N–H and O–H groups in total.